The molecule has 8 heteroatoms. The number of hydrogen-bond donors (Lipinski definition) is 3. The quantitative estimate of drug-likeness (QED) is 0.579. The molecule has 0 aliphatic carbocycles. The number of aryl methyl sites for hydroxylation is 1. The van der Waals surface area contributed by atoms with E-state index in [1.54, 1.807) is 6.92 Å². The van der Waals surface area contributed by atoms with Gasteiger partial charge in [-0.3, -0.25) is 14.7 Å². The van der Waals surface area contributed by atoms with Gasteiger partial charge >= 0.3 is 0 Å². The summed E-state index contributed by atoms with van der Waals surface area (Å²) < 4.78 is 5.75. The summed E-state index contributed by atoms with van der Waals surface area (Å²) in [6.45, 7) is 4.29. The van der Waals surface area contributed by atoms with Crippen molar-refractivity contribution in [1.29, 1.82) is 0 Å². The second kappa shape index (κ2) is 10.5. The second-order valence-electron chi connectivity index (χ2n) is 7.42. The molecule has 1 atom stereocenters. The third-order valence-corrected chi connectivity index (χ3v) is 5.30. The van der Waals surface area contributed by atoms with E-state index >= 15 is 0 Å². The third-order valence-electron chi connectivity index (χ3n) is 5.30. The van der Waals surface area contributed by atoms with E-state index in [1.165, 1.54) is 6.20 Å². The predicted octanol–water partition coefficient (Wildman–Crippen LogP) is 0.572. The van der Waals surface area contributed by atoms with E-state index in [1.807, 2.05) is 35.2 Å². The summed E-state index contributed by atoms with van der Waals surface area (Å²) >= 11 is 0. The fourth-order valence-corrected chi connectivity index (χ4v) is 3.60. The van der Waals surface area contributed by atoms with E-state index in [-0.39, 0.29) is 25.7 Å². The number of ether oxygens (including phenoxy) is 1. The number of piperazine rings is 1. The summed E-state index contributed by atoms with van der Waals surface area (Å²) in [6.07, 6.45) is 0.783. The van der Waals surface area contributed by atoms with Crippen LogP contribution in [-0.2, 0) is 13.2 Å². The molecule has 1 fully saturated rings. The molecule has 0 unspecified atom stereocenters. The van der Waals surface area contributed by atoms with Crippen LogP contribution in [0.25, 0.3) is 0 Å². The van der Waals surface area contributed by atoms with Gasteiger partial charge in [0.05, 0.1) is 18.9 Å². The smallest absolute Gasteiger partial charge is 0.253 e. The Morgan fingerprint density at radius 1 is 1.13 bits per heavy atom. The van der Waals surface area contributed by atoms with Crippen LogP contribution in [0.5, 0.6) is 5.75 Å². The molecule has 1 aliphatic heterocycles. The SMILES string of the molecule is Cc1ncc(CO)c(CO)c1OC[C@H](O)CN1CCN(C(=O)c2ccccc2)CC1. The Hall–Kier alpha value is -2.52. The molecule has 1 aliphatic rings. The van der Waals surface area contributed by atoms with Crippen molar-refractivity contribution in [1.82, 2.24) is 14.8 Å². The molecular weight excluding hydrogens is 386 g/mol. The van der Waals surface area contributed by atoms with Crippen molar-refractivity contribution in [2.75, 3.05) is 39.3 Å². The second-order valence-corrected chi connectivity index (χ2v) is 7.42. The standard InChI is InChI=1S/C22H29N3O5/c1-16-21(20(14-27)18(13-26)11-23-16)30-15-19(28)12-24-7-9-25(10-8-24)22(29)17-5-3-2-4-6-17/h2-6,11,19,26-28H,7-10,12-15H2,1H3/t19-/m1/s1. The molecule has 30 heavy (non-hydrogen) atoms. The normalized spacial score (nSPS) is 15.8. The van der Waals surface area contributed by atoms with E-state index in [0.29, 0.717) is 60.9 Å². The summed E-state index contributed by atoms with van der Waals surface area (Å²) in [7, 11) is 0. The van der Waals surface area contributed by atoms with Crippen molar-refractivity contribution in [2.24, 2.45) is 0 Å². The number of benzene rings is 1. The maximum Gasteiger partial charge on any atom is 0.253 e. The van der Waals surface area contributed by atoms with Gasteiger partial charge in [-0.05, 0) is 19.1 Å². The lowest BCUT2D eigenvalue weighted by Crippen LogP contribution is -2.51. The lowest BCUT2D eigenvalue weighted by atomic mass is 10.1. The molecule has 1 amide bonds. The Kier molecular flexibility index (Phi) is 7.75. The van der Waals surface area contributed by atoms with E-state index in [0.717, 1.165) is 0 Å². The lowest BCUT2D eigenvalue weighted by molar-refractivity contribution is 0.0398. The van der Waals surface area contributed by atoms with Crippen LogP contribution in [0.4, 0.5) is 0 Å². The minimum Gasteiger partial charge on any atom is -0.489 e. The monoisotopic (exact) mass is 415 g/mol. The van der Waals surface area contributed by atoms with Crippen LogP contribution >= 0.6 is 0 Å². The Labute approximate surface area is 176 Å². The number of aliphatic hydroxyl groups is 3. The summed E-state index contributed by atoms with van der Waals surface area (Å²) in [4.78, 5) is 20.6. The number of aliphatic hydroxyl groups excluding tert-OH is 3. The molecule has 3 N–H and O–H groups in total. The molecule has 3 rings (SSSR count). The topological polar surface area (TPSA) is 106 Å². The maximum absolute atomic E-state index is 12.5. The van der Waals surface area contributed by atoms with Crippen LogP contribution in [0.15, 0.2) is 36.5 Å². The molecule has 0 spiro atoms. The number of nitrogens with zero attached hydrogens (tertiary/aromatic N) is 3. The highest BCUT2D eigenvalue weighted by Gasteiger charge is 2.24. The number of aromatic nitrogens is 1. The van der Waals surface area contributed by atoms with Crippen molar-refractivity contribution < 1.29 is 24.9 Å². The molecule has 162 valence electrons. The first-order chi connectivity index (χ1) is 14.5. The summed E-state index contributed by atoms with van der Waals surface area (Å²) in [5.41, 5.74) is 2.28. The van der Waals surface area contributed by atoms with Crippen molar-refractivity contribution >= 4 is 5.91 Å². The first kappa shape index (κ1) is 22.2. The molecule has 0 bridgehead atoms. The number of carbonyl (C=O) groups excluding carboxylic acids is 1. The van der Waals surface area contributed by atoms with Gasteiger partial charge in [0.1, 0.15) is 18.5 Å². The number of β-amino-alcohol motifs (C(OH)–C–C–N with tert-alkyl or cyclic N) is 1. The van der Waals surface area contributed by atoms with Crippen LogP contribution < -0.4 is 4.74 Å². The molecule has 0 saturated carbocycles. The molecule has 2 heterocycles. The highest BCUT2D eigenvalue weighted by atomic mass is 16.5. The zero-order chi connectivity index (χ0) is 21.5. The van der Waals surface area contributed by atoms with E-state index < -0.39 is 6.10 Å². The van der Waals surface area contributed by atoms with Crippen molar-refractivity contribution in [3.63, 3.8) is 0 Å². The Morgan fingerprint density at radius 2 is 1.83 bits per heavy atom. The number of rotatable bonds is 8. The minimum atomic E-state index is -0.731. The van der Waals surface area contributed by atoms with Crippen LogP contribution in [0.2, 0.25) is 0 Å². The fraction of sp³-hybridized carbons (Fsp3) is 0.455. The average Bonchev–Trinajstić information content (AvgIpc) is 2.78. The number of amides is 1. The average molecular weight is 415 g/mol. The third kappa shape index (κ3) is 5.34. The van der Waals surface area contributed by atoms with Gasteiger partial charge in [0.25, 0.3) is 5.91 Å². The minimum absolute atomic E-state index is 0.0300. The van der Waals surface area contributed by atoms with Gasteiger partial charge in [0, 0.05) is 55.6 Å². The lowest BCUT2D eigenvalue weighted by Gasteiger charge is -2.35. The molecule has 8 nitrogen and oxygen atoms in total. The van der Waals surface area contributed by atoms with Crippen LogP contribution in [0.1, 0.15) is 27.2 Å². The fourth-order valence-electron chi connectivity index (χ4n) is 3.60. The van der Waals surface area contributed by atoms with Gasteiger partial charge < -0.3 is 25.0 Å². The molecule has 0 radical (unpaired) electrons. The van der Waals surface area contributed by atoms with Crippen LogP contribution in [0, 0.1) is 6.92 Å². The molecule has 2 aromatic rings. The van der Waals surface area contributed by atoms with Crippen LogP contribution in [-0.4, -0.2) is 81.4 Å². The van der Waals surface area contributed by atoms with E-state index in [2.05, 4.69) is 9.88 Å². The molecular formula is C22H29N3O5. The van der Waals surface area contributed by atoms with Crippen molar-refractivity contribution in [2.45, 2.75) is 26.2 Å². The first-order valence-corrected chi connectivity index (χ1v) is 10.1. The van der Waals surface area contributed by atoms with Gasteiger partial charge in [-0.15, -0.1) is 0 Å². The van der Waals surface area contributed by atoms with Gasteiger partial charge in [0.2, 0.25) is 0 Å². The van der Waals surface area contributed by atoms with Gasteiger partial charge in [0.15, 0.2) is 0 Å². The first-order valence-electron chi connectivity index (χ1n) is 10.1. The van der Waals surface area contributed by atoms with Gasteiger partial charge in [-0.2, -0.15) is 0 Å². The molecule has 1 aromatic carbocycles. The highest BCUT2D eigenvalue weighted by molar-refractivity contribution is 5.94. The zero-order valence-electron chi connectivity index (χ0n) is 17.2. The summed E-state index contributed by atoms with van der Waals surface area (Å²) in [5.74, 6) is 0.434. The number of carbonyl (C=O) groups is 1. The summed E-state index contributed by atoms with van der Waals surface area (Å²) in [5, 5.41) is 29.4. The number of pyridine rings is 1. The molecule has 1 saturated heterocycles. The van der Waals surface area contributed by atoms with Crippen molar-refractivity contribution in [3.8, 4) is 5.75 Å². The van der Waals surface area contributed by atoms with E-state index in [9.17, 15) is 20.1 Å². The van der Waals surface area contributed by atoms with Crippen molar-refractivity contribution in [3.05, 3.63) is 58.9 Å². The molecule has 1 aromatic heterocycles. The van der Waals surface area contributed by atoms with Crippen LogP contribution in [0.3, 0.4) is 0 Å². The highest BCUT2D eigenvalue weighted by Crippen LogP contribution is 2.25. The summed E-state index contributed by atoms with van der Waals surface area (Å²) in [6, 6.07) is 9.24. The number of hydrogen-bond acceptors (Lipinski definition) is 7. The maximum atomic E-state index is 12.5. The zero-order valence-corrected chi connectivity index (χ0v) is 17.2. The largest absolute Gasteiger partial charge is 0.489 e. The van der Waals surface area contributed by atoms with Gasteiger partial charge in [-0.25, -0.2) is 0 Å². The Bertz CT molecular complexity index is 838. The Balaban J connectivity index is 1.49. The van der Waals surface area contributed by atoms with E-state index in [4.69, 9.17) is 4.74 Å². The van der Waals surface area contributed by atoms with Gasteiger partial charge in [-0.1, -0.05) is 18.2 Å². The Morgan fingerprint density at radius 3 is 2.47 bits per heavy atom. The predicted molar refractivity (Wildman–Crippen MR) is 111 cm³/mol.